The van der Waals surface area contributed by atoms with Gasteiger partial charge in [-0.1, -0.05) is 33.6 Å². The van der Waals surface area contributed by atoms with Crippen molar-refractivity contribution in [3.05, 3.63) is 5.32 Å². The first kappa shape index (κ1) is 15.6. The van der Waals surface area contributed by atoms with Crippen LogP contribution in [-0.2, 0) is 25.2 Å². The van der Waals surface area contributed by atoms with Crippen molar-refractivity contribution in [2.45, 2.75) is 52.7 Å². The number of hydrogen-bond donors (Lipinski definition) is 0. The van der Waals surface area contributed by atoms with Gasteiger partial charge in [0.2, 0.25) is 0 Å². The summed E-state index contributed by atoms with van der Waals surface area (Å²) < 4.78 is 5.91. The summed E-state index contributed by atoms with van der Waals surface area (Å²) in [6, 6.07) is 0.475. The average Bonchev–Trinajstić information content (AvgIpc) is 2.36. The topological polar surface area (TPSA) is 23.3 Å². The van der Waals surface area contributed by atoms with E-state index in [-0.39, 0.29) is 27.8 Å². The van der Waals surface area contributed by atoms with Crippen LogP contribution in [0.4, 0.5) is 0 Å². The van der Waals surface area contributed by atoms with Gasteiger partial charge in [0, 0.05) is 33.1 Å². The Hall–Kier alpha value is 0.582. The third-order valence-corrected chi connectivity index (χ3v) is 3.31. The SMILES string of the molecule is C.CC(C)C1[N-]CC2CCCCOC21.[Re]. The molecule has 2 aliphatic heterocycles. The maximum Gasteiger partial charge on any atom is 0.0469 e. The van der Waals surface area contributed by atoms with Gasteiger partial charge in [-0.25, -0.2) is 0 Å². The minimum absolute atomic E-state index is 0. The van der Waals surface area contributed by atoms with Gasteiger partial charge in [0.25, 0.3) is 0 Å². The molecular weight excluding hydrogens is 360 g/mol. The van der Waals surface area contributed by atoms with Gasteiger partial charge in [0.1, 0.15) is 0 Å². The maximum absolute atomic E-state index is 5.91. The van der Waals surface area contributed by atoms with Crippen molar-refractivity contribution in [2.75, 3.05) is 13.2 Å². The molecule has 2 heterocycles. The zero-order valence-corrected chi connectivity index (χ0v) is 11.8. The van der Waals surface area contributed by atoms with Crippen molar-refractivity contribution in [2.24, 2.45) is 11.8 Å². The second-order valence-electron chi connectivity index (χ2n) is 4.69. The van der Waals surface area contributed by atoms with Crippen molar-refractivity contribution in [1.82, 2.24) is 0 Å². The van der Waals surface area contributed by atoms with Gasteiger partial charge in [-0.05, 0) is 18.8 Å². The fourth-order valence-electron chi connectivity index (χ4n) is 2.55. The first-order chi connectivity index (χ1) is 6.29. The molecule has 2 aliphatic rings. The van der Waals surface area contributed by atoms with E-state index in [0.29, 0.717) is 18.1 Å². The van der Waals surface area contributed by atoms with Crippen LogP contribution < -0.4 is 0 Å². The Morgan fingerprint density at radius 1 is 1.27 bits per heavy atom. The van der Waals surface area contributed by atoms with E-state index in [2.05, 4.69) is 13.8 Å². The number of ether oxygens (including phenoxy) is 1. The van der Waals surface area contributed by atoms with Gasteiger partial charge in [0.15, 0.2) is 0 Å². The molecule has 0 aromatic heterocycles. The number of fused-ring (bicyclic) bond motifs is 1. The minimum Gasteiger partial charge on any atom is -0.657 e. The monoisotopic (exact) mass is 385 g/mol. The molecule has 15 heavy (non-hydrogen) atoms. The van der Waals surface area contributed by atoms with E-state index in [1.807, 2.05) is 0 Å². The van der Waals surface area contributed by atoms with E-state index >= 15 is 0 Å². The molecule has 3 heteroatoms. The zero-order chi connectivity index (χ0) is 9.26. The van der Waals surface area contributed by atoms with Gasteiger partial charge in [-0.3, -0.25) is 0 Å². The van der Waals surface area contributed by atoms with Crippen LogP contribution in [0.25, 0.3) is 5.32 Å². The normalized spacial score (nSPS) is 35.0. The molecular formula is C12H24NORe-. The van der Waals surface area contributed by atoms with Crippen LogP contribution in [-0.4, -0.2) is 25.3 Å². The molecule has 0 aliphatic carbocycles. The van der Waals surface area contributed by atoms with E-state index in [9.17, 15) is 0 Å². The molecule has 3 unspecified atom stereocenters. The minimum atomic E-state index is 0. The summed E-state index contributed by atoms with van der Waals surface area (Å²) >= 11 is 0. The smallest absolute Gasteiger partial charge is 0.0469 e. The van der Waals surface area contributed by atoms with Crippen molar-refractivity contribution in [1.29, 1.82) is 0 Å². The van der Waals surface area contributed by atoms with Gasteiger partial charge < -0.3 is 10.1 Å². The van der Waals surface area contributed by atoms with Crippen molar-refractivity contribution in [3.8, 4) is 0 Å². The quantitative estimate of drug-likeness (QED) is 0.681. The third kappa shape index (κ3) is 3.53. The van der Waals surface area contributed by atoms with Gasteiger partial charge >= 0.3 is 0 Å². The second kappa shape index (κ2) is 7.02. The number of rotatable bonds is 1. The number of nitrogens with zero attached hydrogens (tertiary/aromatic N) is 1. The molecule has 0 aromatic carbocycles. The van der Waals surface area contributed by atoms with Crippen LogP contribution in [0.3, 0.4) is 0 Å². The van der Waals surface area contributed by atoms with Gasteiger partial charge in [-0.15, -0.1) is 12.6 Å². The molecule has 2 rings (SSSR count). The molecule has 0 amide bonds. The average molecular weight is 385 g/mol. The molecule has 1 radical (unpaired) electrons. The summed E-state index contributed by atoms with van der Waals surface area (Å²) in [5.74, 6) is 1.38. The third-order valence-electron chi connectivity index (χ3n) is 3.31. The summed E-state index contributed by atoms with van der Waals surface area (Å²) in [5.41, 5.74) is 0. The van der Waals surface area contributed by atoms with Crippen molar-refractivity contribution >= 4 is 0 Å². The molecule has 91 valence electrons. The Kier molecular flexibility index (Phi) is 7.29. The molecule has 0 spiro atoms. The Bertz CT molecular complexity index is 175. The fourth-order valence-corrected chi connectivity index (χ4v) is 2.55. The van der Waals surface area contributed by atoms with Crippen LogP contribution in [0, 0.1) is 11.8 Å². The van der Waals surface area contributed by atoms with E-state index < -0.39 is 0 Å². The molecule has 0 N–H and O–H groups in total. The zero-order valence-electron chi connectivity index (χ0n) is 9.08. The predicted octanol–water partition coefficient (Wildman–Crippen LogP) is 3.22. The summed E-state index contributed by atoms with van der Waals surface area (Å²) in [6.45, 7) is 6.52. The van der Waals surface area contributed by atoms with E-state index in [0.717, 1.165) is 19.1 Å². The van der Waals surface area contributed by atoms with Crippen molar-refractivity contribution in [3.63, 3.8) is 0 Å². The summed E-state index contributed by atoms with van der Waals surface area (Å²) in [7, 11) is 0. The van der Waals surface area contributed by atoms with Crippen LogP contribution in [0.5, 0.6) is 0 Å². The largest absolute Gasteiger partial charge is 0.657 e. The van der Waals surface area contributed by atoms with Crippen molar-refractivity contribution < 1.29 is 25.2 Å². The van der Waals surface area contributed by atoms with Crippen LogP contribution in [0.15, 0.2) is 0 Å². The molecule has 2 nitrogen and oxygen atoms in total. The first-order valence-corrected chi connectivity index (χ1v) is 5.57. The van der Waals surface area contributed by atoms with Crippen LogP contribution in [0.1, 0.15) is 40.5 Å². The fraction of sp³-hybridized carbons (Fsp3) is 1.00. The Morgan fingerprint density at radius 3 is 2.67 bits per heavy atom. The Balaban J connectivity index is 0.000000980. The molecule has 0 aromatic rings. The summed E-state index contributed by atoms with van der Waals surface area (Å²) in [4.78, 5) is 0. The molecule has 2 saturated heterocycles. The summed E-state index contributed by atoms with van der Waals surface area (Å²) in [5, 5.41) is 4.70. The standard InChI is InChI=1S/C11H20NO.CH4.Re/c1-8(2)10-11-9(7-12-10)5-3-4-6-13-11;;/h8-11H,3-7H2,1-2H3;1H4;/q-1;;. The van der Waals surface area contributed by atoms with E-state index in [4.69, 9.17) is 10.1 Å². The predicted molar refractivity (Wildman–Crippen MR) is 60.7 cm³/mol. The van der Waals surface area contributed by atoms with Crippen LogP contribution in [0.2, 0.25) is 0 Å². The Morgan fingerprint density at radius 2 is 2.00 bits per heavy atom. The van der Waals surface area contributed by atoms with Gasteiger partial charge in [-0.2, -0.15) is 0 Å². The van der Waals surface area contributed by atoms with Gasteiger partial charge in [0.05, 0.1) is 0 Å². The second-order valence-corrected chi connectivity index (χ2v) is 4.69. The summed E-state index contributed by atoms with van der Waals surface area (Å²) in [6.07, 6.45) is 4.36. The number of hydrogen-bond acceptors (Lipinski definition) is 1. The molecule has 2 fully saturated rings. The van der Waals surface area contributed by atoms with Crippen LogP contribution >= 0.6 is 0 Å². The Labute approximate surface area is 108 Å². The van der Waals surface area contributed by atoms with E-state index in [1.165, 1.54) is 19.3 Å². The molecule has 0 bridgehead atoms. The maximum atomic E-state index is 5.91. The molecule has 0 saturated carbocycles. The first-order valence-electron chi connectivity index (χ1n) is 5.57. The van der Waals surface area contributed by atoms with E-state index in [1.54, 1.807) is 0 Å². The molecule has 3 atom stereocenters.